The third kappa shape index (κ3) is 4.80. The van der Waals surface area contributed by atoms with E-state index in [1.165, 1.54) is 11.8 Å². The van der Waals surface area contributed by atoms with Crippen molar-refractivity contribution >= 4 is 17.5 Å². The maximum Gasteiger partial charge on any atom is 0.255 e. The number of aliphatic hydroxyl groups is 1. The second-order valence-electron chi connectivity index (χ2n) is 6.61. The van der Waals surface area contributed by atoms with Crippen molar-refractivity contribution in [2.75, 3.05) is 13.1 Å². The minimum Gasteiger partial charge on any atom is -0.393 e. The van der Waals surface area contributed by atoms with Crippen LogP contribution < -0.4 is 0 Å². The number of likely N-dealkylation sites (tertiary alicyclic amines) is 1. The highest BCUT2D eigenvalue weighted by molar-refractivity contribution is 6.30. The Morgan fingerprint density at radius 1 is 1.24 bits per heavy atom. The van der Waals surface area contributed by atoms with Crippen LogP contribution in [0.4, 0.5) is 0 Å². The summed E-state index contributed by atoms with van der Waals surface area (Å²) in [5.74, 6) is 0.220. The number of aromatic nitrogens is 1. The molecule has 1 aliphatic rings. The highest BCUT2D eigenvalue weighted by Gasteiger charge is 2.27. The van der Waals surface area contributed by atoms with Crippen LogP contribution in [0.2, 0.25) is 5.02 Å². The number of aryl methyl sites for hydroxylation is 1. The number of benzene rings is 1. The first-order valence-corrected chi connectivity index (χ1v) is 9.13. The van der Waals surface area contributed by atoms with E-state index in [0.717, 1.165) is 25.7 Å². The average Bonchev–Trinajstić information content (AvgIpc) is 2.66. The fourth-order valence-corrected chi connectivity index (χ4v) is 3.57. The molecule has 0 spiro atoms. The molecule has 25 heavy (non-hydrogen) atoms. The van der Waals surface area contributed by atoms with Gasteiger partial charge in [-0.25, -0.2) is 0 Å². The first-order chi connectivity index (χ1) is 12.1. The molecule has 132 valence electrons. The molecule has 2 heterocycles. The minimum atomic E-state index is -0.315. The molecule has 4 nitrogen and oxygen atoms in total. The number of halogens is 1. The molecular formula is C20H23ClN2O2. The molecule has 0 radical (unpaired) electrons. The molecule has 0 bridgehead atoms. The Bertz CT molecular complexity index is 700. The van der Waals surface area contributed by atoms with Crippen LogP contribution in [-0.2, 0) is 6.42 Å². The summed E-state index contributed by atoms with van der Waals surface area (Å²) in [5, 5.41) is 11.0. The van der Waals surface area contributed by atoms with Gasteiger partial charge in [0.2, 0.25) is 0 Å². The van der Waals surface area contributed by atoms with Crippen LogP contribution in [-0.4, -0.2) is 40.1 Å². The second-order valence-corrected chi connectivity index (χ2v) is 7.05. The first kappa shape index (κ1) is 17.9. The number of hydrogen-bond acceptors (Lipinski definition) is 3. The first-order valence-electron chi connectivity index (χ1n) is 8.75. The fourth-order valence-electron chi connectivity index (χ4n) is 3.39. The largest absolute Gasteiger partial charge is 0.393 e. The Labute approximate surface area is 153 Å². The third-order valence-electron chi connectivity index (χ3n) is 4.89. The van der Waals surface area contributed by atoms with Crippen molar-refractivity contribution in [1.29, 1.82) is 0 Å². The van der Waals surface area contributed by atoms with E-state index in [4.69, 9.17) is 11.6 Å². The van der Waals surface area contributed by atoms with E-state index < -0.39 is 0 Å². The Kier molecular flexibility index (Phi) is 6.05. The number of carbonyl (C=O) groups excluding carboxylic acids is 1. The molecule has 1 aromatic carbocycles. The third-order valence-corrected chi connectivity index (χ3v) is 5.10. The molecule has 1 fully saturated rings. The number of rotatable bonds is 5. The molecule has 1 N–H and O–H groups in total. The summed E-state index contributed by atoms with van der Waals surface area (Å²) >= 11 is 5.91. The van der Waals surface area contributed by atoms with Gasteiger partial charge in [-0.2, -0.15) is 0 Å². The molecule has 0 unspecified atom stereocenters. The van der Waals surface area contributed by atoms with E-state index >= 15 is 0 Å². The highest BCUT2D eigenvalue weighted by Crippen LogP contribution is 2.25. The maximum atomic E-state index is 12.5. The number of nitrogens with zero attached hydrogens (tertiary/aromatic N) is 2. The van der Waals surface area contributed by atoms with Crippen LogP contribution in [0.1, 0.15) is 35.2 Å². The summed E-state index contributed by atoms with van der Waals surface area (Å²) < 4.78 is 0. The Hall–Kier alpha value is -1.91. The van der Waals surface area contributed by atoms with Crippen molar-refractivity contribution < 1.29 is 9.90 Å². The molecule has 1 amide bonds. The quantitative estimate of drug-likeness (QED) is 0.888. The molecule has 0 aliphatic carbocycles. The molecular weight excluding hydrogens is 336 g/mol. The minimum absolute atomic E-state index is 0.0350. The number of piperidine rings is 1. The van der Waals surface area contributed by atoms with Gasteiger partial charge in [-0.15, -0.1) is 0 Å². The molecule has 0 saturated carbocycles. The average molecular weight is 359 g/mol. The van der Waals surface area contributed by atoms with Crippen molar-refractivity contribution in [2.45, 2.75) is 31.8 Å². The second kappa shape index (κ2) is 8.45. The zero-order valence-corrected chi connectivity index (χ0v) is 14.9. The summed E-state index contributed by atoms with van der Waals surface area (Å²) in [6, 6.07) is 11.9. The maximum absolute atomic E-state index is 12.5. The van der Waals surface area contributed by atoms with Crippen LogP contribution in [0.3, 0.4) is 0 Å². The lowest BCUT2D eigenvalue weighted by atomic mass is 9.88. The van der Waals surface area contributed by atoms with Crippen LogP contribution in [0, 0.1) is 5.92 Å². The van der Waals surface area contributed by atoms with E-state index in [1.54, 1.807) is 12.3 Å². The lowest BCUT2D eigenvalue weighted by Gasteiger charge is -2.34. The zero-order valence-electron chi connectivity index (χ0n) is 14.1. The Morgan fingerprint density at radius 3 is 2.64 bits per heavy atom. The molecule has 1 saturated heterocycles. The van der Waals surface area contributed by atoms with Crippen LogP contribution >= 0.6 is 11.6 Å². The number of carbonyl (C=O) groups is 1. The van der Waals surface area contributed by atoms with E-state index in [-0.39, 0.29) is 17.9 Å². The van der Waals surface area contributed by atoms with Crippen molar-refractivity contribution in [1.82, 2.24) is 9.88 Å². The van der Waals surface area contributed by atoms with Crippen molar-refractivity contribution in [3.63, 3.8) is 0 Å². The zero-order chi connectivity index (χ0) is 17.6. The molecule has 1 aliphatic heterocycles. The Balaban J connectivity index is 1.48. The standard InChI is InChI=1S/C20H23ClN2O2/c21-18-12-17(13-22-14-18)20(25)23-10-8-16(9-11-23)19(24)7-6-15-4-2-1-3-5-15/h1-5,12-14,16,19,24H,6-11H2/t19-/m1/s1. The van der Waals surface area contributed by atoms with Crippen molar-refractivity contribution in [2.24, 2.45) is 5.92 Å². The number of hydrogen-bond donors (Lipinski definition) is 1. The van der Waals surface area contributed by atoms with Gasteiger partial charge in [0.1, 0.15) is 0 Å². The number of aliphatic hydroxyl groups excluding tert-OH is 1. The van der Waals surface area contributed by atoms with Crippen LogP contribution in [0.15, 0.2) is 48.8 Å². The lowest BCUT2D eigenvalue weighted by Crippen LogP contribution is -2.41. The smallest absolute Gasteiger partial charge is 0.255 e. The van der Waals surface area contributed by atoms with E-state index in [0.29, 0.717) is 23.7 Å². The van der Waals surface area contributed by atoms with Gasteiger partial charge in [0.25, 0.3) is 5.91 Å². The van der Waals surface area contributed by atoms with E-state index in [2.05, 4.69) is 17.1 Å². The number of pyridine rings is 1. The van der Waals surface area contributed by atoms with E-state index in [1.807, 2.05) is 23.1 Å². The summed E-state index contributed by atoms with van der Waals surface area (Å²) in [4.78, 5) is 18.3. The van der Waals surface area contributed by atoms with Gasteiger partial charge in [0, 0.05) is 25.5 Å². The lowest BCUT2D eigenvalue weighted by molar-refractivity contribution is 0.0436. The fraction of sp³-hybridized carbons (Fsp3) is 0.400. The van der Waals surface area contributed by atoms with Crippen LogP contribution in [0.25, 0.3) is 0 Å². The molecule has 3 rings (SSSR count). The molecule has 1 aromatic heterocycles. The van der Waals surface area contributed by atoms with Gasteiger partial charge >= 0.3 is 0 Å². The molecule has 5 heteroatoms. The summed E-state index contributed by atoms with van der Waals surface area (Å²) in [6.07, 6.45) is 6.06. The van der Waals surface area contributed by atoms with Gasteiger partial charge in [-0.1, -0.05) is 41.9 Å². The number of amides is 1. The Morgan fingerprint density at radius 2 is 1.96 bits per heavy atom. The van der Waals surface area contributed by atoms with Gasteiger partial charge in [-0.05, 0) is 43.2 Å². The van der Waals surface area contributed by atoms with Crippen molar-refractivity contribution in [3.8, 4) is 0 Å². The molecule has 2 aromatic rings. The monoisotopic (exact) mass is 358 g/mol. The SMILES string of the molecule is O=C(c1cncc(Cl)c1)N1CCC([C@H](O)CCc2ccccc2)CC1. The van der Waals surface area contributed by atoms with Crippen molar-refractivity contribution in [3.05, 3.63) is 64.9 Å². The van der Waals surface area contributed by atoms with Gasteiger partial charge in [-0.3, -0.25) is 9.78 Å². The van der Waals surface area contributed by atoms with Gasteiger partial charge in [0.05, 0.1) is 16.7 Å². The summed E-state index contributed by atoms with van der Waals surface area (Å²) in [7, 11) is 0. The topological polar surface area (TPSA) is 53.4 Å². The predicted molar refractivity (Wildman–Crippen MR) is 98.6 cm³/mol. The van der Waals surface area contributed by atoms with Gasteiger partial charge in [0.15, 0.2) is 0 Å². The normalized spacial score (nSPS) is 16.6. The predicted octanol–water partition coefficient (Wildman–Crippen LogP) is 3.58. The summed E-state index contributed by atoms with van der Waals surface area (Å²) in [5.41, 5.74) is 1.78. The van der Waals surface area contributed by atoms with Gasteiger partial charge < -0.3 is 10.0 Å². The van der Waals surface area contributed by atoms with Crippen LogP contribution in [0.5, 0.6) is 0 Å². The highest BCUT2D eigenvalue weighted by atomic mass is 35.5. The van der Waals surface area contributed by atoms with E-state index in [9.17, 15) is 9.90 Å². The molecule has 1 atom stereocenters. The summed E-state index contributed by atoms with van der Waals surface area (Å²) in [6.45, 7) is 1.33.